The van der Waals surface area contributed by atoms with E-state index in [4.69, 9.17) is 4.74 Å². The summed E-state index contributed by atoms with van der Waals surface area (Å²) in [5, 5.41) is 6.32. The van der Waals surface area contributed by atoms with E-state index in [9.17, 15) is 4.79 Å². The molecule has 0 radical (unpaired) electrons. The average molecular weight is 310 g/mol. The van der Waals surface area contributed by atoms with Crippen molar-refractivity contribution in [3.63, 3.8) is 0 Å². The van der Waals surface area contributed by atoms with Gasteiger partial charge in [0.15, 0.2) is 0 Å². The lowest BCUT2D eigenvalue weighted by molar-refractivity contribution is -0.117. The van der Waals surface area contributed by atoms with Gasteiger partial charge in [-0.15, -0.1) is 0 Å². The maximum Gasteiger partial charge on any atom is 0.224 e. The molecule has 0 bridgehead atoms. The average Bonchev–Trinajstić information content (AvgIpc) is 3.08. The number of anilines is 2. The maximum absolute atomic E-state index is 12.0. The number of benzene rings is 2. The van der Waals surface area contributed by atoms with Crippen LogP contribution < -0.4 is 10.6 Å². The second-order valence-corrected chi connectivity index (χ2v) is 5.90. The number of carbonyl (C=O) groups excluding carboxylic acids is 1. The van der Waals surface area contributed by atoms with Crippen molar-refractivity contribution in [2.24, 2.45) is 5.92 Å². The van der Waals surface area contributed by atoms with Gasteiger partial charge in [-0.25, -0.2) is 0 Å². The van der Waals surface area contributed by atoms with E-state index in [0.29, 0.717) is 18.9 Å². The van der Waals surface area contributed by atoms with Gasteiger partial charge < -0.3 is 15.4 Å². The van der Waals surface area contributed by atoms with Gasteiger partial charge in [0.05, 0.1) is 0 Å². The van der Waals surface area contributed by atoms with Gasteiger partial charge >= 0.3 is 0 Å². The molecule has 1 aliphatic heterocycles. The molecule has 1 atom stereocenters. The lowest BCUT2D eigenvalue weighted by atomic mass is 10.0. The molecule has 120 valence electrons. The third-order valence-electron chi connectivity index (χ3n) is 4.01. The first kappa shape index (κ1) is 15.6. The van der Waals surface area contributed by atoms with Crippen LogP contribution in [0, 0.1) is 5.92 Å². The van der Waals surface area contributed by atoms with Crippen molar-refractivity contribution in [1.29, 1.82) is 0 Å². The van der Waals surface area contributed by atoms with Gasteiger partial charge in [0.2, 0.25) is 5.91 Å². The van der Waals surface area contributed by atoms with Gasteiger partial charge in [0, 0.05) is 37.6 Å². The molecule has 3 rings (SSSR count). The minimum atomic E-state index is 0.0654. The Labute approximate surface area is 136 Å². The van der Waals surface area contributed by atoms with E-state index in [1.807, 2.05) is 54.6 Å². The van der Waals surface area contributed by atoms with Crippen molar-refractivity contribution >= 4 is 17.3 Å². The molecule has 23 heavy (non-hydrogen) atoms. The largest absolute Gasteiger partial charge is 0.381 e. The summed E-state index contributed by atoms with van der Waals surface area (Å²) in [5.41, 5.74) is 3.12. The molecule has 2 aromatic carbocycles. The van der Waals surface area contributed by atoms with Crippen molar-refractivity contribution in [2.75, 3.05) is 23.8 Å². The van der Waals surface area contributed by atoms with E-state index >= 15 is 0 Å². The van der Waals surface area contributed by atoms with E-state index in [-0.39, 0.29) is 5.91 Å². The van der Waals surface area contributed by atoms with Crippen LogP contribution in [-0.2, 0) is 16.1 Å². The molecule has 4 nitrogen and oxygen atoms in total. The van der Waals surface area contributed by atoms with Crippen molar-refractivity contribution < 1.29 is 9.53 Å². The van der Waals surface area contributed by atoms with E-state index < -0.39 is 0 Å². The molecule has 2 aromatic rings. The van der Waals surface area contributed by atoms with Gasteiger partial charge in [0.1, 0.15) is 0 Å². The minimum absolute atomic E-state index is 0.0654. The first-order valence-electron chi connectivity index (χ1n) is 8.05. The quantitative estimate of drug-likeness (QED) is 0.856. The first-order chi connectivity index (χ1) is 11.3. The zero-order valence-corrected chi connectivity index (χ0v) is 13.1. The summed E-state index contributed by atoms with van der Waals surface area (Å²) in [6, 6.07) is 18.1. The predicted octanol–water partition coefficient (Wildman–Crippen LogP) is 3.66. The summed E-state index contributed by atoms with van der Waals surface area (Å²) in [4.78, 5) is 12.0. The Balaban J connectivity index is 1.47. The molecule has 0 aromatic heterocycles. The summed E-state index contributed by atoms with van der Waals surface area (Å²) in [5.74, 6) is 0.431. The maximum atomic E-state index is 12.0. The highest BCUT2D eigenvalue weighted by Gasteiger charge is 2.18. The molecule has 1 aliphatic rings. The molecular formula is C19H22N2O2. The first-order valence-corrected chi connectivity index (χ1v) is 8.05. The van der Waals surface area contributed by atoms with Gasteiger partial charge in [-0.2, -0.15) is 0 Å². The summed E-state index contributed by atoms with van der Waals surface area (Å²) in [6.45, 7) is 2.25. The summed E-state index contributed by atoms with van der Waals surface area (Å²) < 4.78 is 5.30. The highest BCUT2D eigenvalue weighted by molar-refractivity contribution is 5.90. The van der Waals surface area contributed by atoms with Crippen molar-refractivity contribution in [1.82, 2.24) is 0 Å². The summed E-state index contributed by atoms with van der Waals surface area (Å²) in [7, 11) is 0. The number of ether oxygens (including phenoxy) is 1. The predicted molar refractivity (Wildman–Crippen MR) is 92.4 cm³/mol. The van der Waals surface area contributed by atoms with E-state index in [0.717, 1.165) is 30.9 Å². The van der Waals surface area contributed by atoms with Crippen LogP contribution in [0.5, 0.6) is 0 Å². The van der Waals surface area contributed by atoms with Crippen molar-refractivity contribution in [3.05, 3.63) is 60.2 Å². The fourth-order valence-electron chi connectivity index (χ4n) is 2.68. The number of hydrogen-bond acceptors (Lipinski definition) is 3. The van der Waals surface area contributed by atoms with E-state index in [1.54, 1.807) is 0 Å². The number of rotatable bonds is 6. The van der Waals surface area contributed by atoms with Crippen LogP contribution in [0.3, 0.4) is 0 Å². The van der Waals surface area contributed by atoms with Crippen LogP contribution in [0.25, 0.3) is 0 Å². The van der Waals surface area contributed by atoms with Gasteiger partial charge in [0.25, 0.3) is 0 Å². The van der Waals surface area contributed by atoms with Crippen LogP contribution in [0.1, 0.15) is 18.4 Å². The molecule has 2 N–H and O–H groups in total. The van der Waals surface area contributed by atoms with Crippen LogP contribution in [0.2, 0.25) is 0 Å². The SMILES string of the molecule is O=C(C[C@@H]1CCOC1)Nc1ccc(CNc2ccccc2)cc1. The number of hydrogen-bond donors (Lipinski definition) is 2. The third kappa shape index (κ3) is 4.83. The topological polar surface area (TPSA) is 50.4 Å². The Morgan fingerprint density at radius 2 is 1.83 bits per heavy atom. The second-order valence-electron chi connectivity index (χ2n) is 5.90. The Hall–Kier alpha value is -2.33. The number of nitrogens with one attached hydrogen (secondary N) is 2. The van der Waals surface area contributed by atoms with Crippen LogP contribution in [0.4, 0.5) is 11.4 Å². The zero-order chi connectivity index (χ0) is 15.9. The lowest BCUT2D eigenvalue weighted by Gasteiger charge is -2.10. The highest BCUT2D eigenvalue weighted by atomic mass is 16.5. The molecule has 1 amide bonds. The fourth-order valence-corrected chi connectivity index (χ4v) is 2.68. The Morgan fingerprint density at radius 1 is 1.04 bits per heavy atom. The van der Waals surface area contributed by atoms with E-state index in [1.165, 1.54) is 5.56 Å². The zero-order valence-electron chi connectivity index (χ0n) is 13.1. The Bertz CT molecular complexity index is 620. The minimum Gasteiger partial charge on any atom is -0.381 e. The fraction of sp³-hybridized carbons (Fsp3) is 0.316. The second kappa shape index (κ2) is 7.79. The Kier molecular flexibility index (Phi) is 5.27. The van der Waals surface area contributed by atoms with Crippen LogP contribution in [0.15, 0.2) is 54.6 Å². The smallest absolute Gasteiger partial charge is 0.224 e. The standard InChI is InChI=1S/C19H22N2O2/c22-19(12-16-10-11-23-14-16)21-18-8-6-15(7-9-18)13-20-17-4-2-1-3-5-17/h1-9,16,20H,10-14H2,(H,21,22)/t16-/m0/s1. The van der Waals surface area contributed by atoms with Crippen LogP contribution >= 0.6 is 0 Å². The summed E-state index contributed by atoms with van der Waals surface area (Å²) in [6.07, 6.45) is 1.52. The molecule has 1 heterocycles. The number of amides is 1. The third-order valence-corrected chi connectivity index (χ3v) is 4.01. The molecule has 4 heteroatoms. The molecule has 0 spiro atoms. The Morgan fingerprint density at radius 3 is 2.52 bits per heavy atom. The highest BCUT2D eigenvalue weighted by Crippen LogP contribution is 2.18. The van der Waals surface area contributed by atoms with Crippen LogP contribution in [-0.4, -0.2) is 19.1 Å². The lowest BCUT2D eigenvalue weighted by Crippen LogP contribution is -2.16. The molecule has 1 fully saturated rings. The molecule has 1 saturated heterocycles. The molecular weight excluding hydrogens is 288 g/mol. The van der Waals surface area contributed by atoms with Gasteiger partial charge in [-0.3, -0.25) is 4.79 Å². The van der Waals surface area contributed by atoms with Gasteiger partial charge in [-0.05, 0) is 42.2 Å². The number of para-hydroxylation sites is 1. The molecule has 0 unspecified atom stereocenters. The normalized spacial score (nSPS) is 17.0. The molecule has 0 aliphatic carbocycles. The summed E-state index contributed by atoms with van der Waals surface area (Å²) >= 11 is 0. The molecule has 0 saturated carbocycles. The van der Waals surface area contributed by atoms with Crippen molar-refractivity contribution in [2.45, 2.75) is 19.4 Å². The number of carbonyl (C=O) groups is 1. The van der Waals surface area contributed by atoms with Crippen molar-refractivity contribution in [3.8, 4) is 0 Å². The van der Waals surface area contributed by atoms with Gasteiger partial charge in [-0.1, -0.05) is 30.3 Å². The monoisotopic (exact) mass is 310 g/mol. The van der Waals surface area contributed by atoms with E-state index in [2.05, 4.69) is 10.6 Å².